The first kappa shape index (κ1) is 12.6. The minimum Gasteiger partial charge on any atom is -0.356 e. The zero-order valence-corrected chi connectivity index (χ0v) is 12.1. The van der Waals surface area contributed by atoms with Gasteiger partial charge in [0.1, 0.15) is 0 Å². The summed E-state index contributed by atoms with van der Waals surface area (Å²) in [5.74, 6) is 0.856. The zero-order valence-electron chi connectivity index (χ0n) is 9.90. The van der Waals surface area contributed by atoms with Gasteiger partial charge in [0.05, 0.1) is 6.20 Å². The Bertz CT molecular complexity index is 476. The molecule has 0 saturated heterocycles. The first-order valence-corrected chi connectivity index (χ1v) is 6.67. The molecule has 0 atom stereocenters. The van der Waals surface area contributed by atoms with Gasteiger partial charge in [-0.05, 0) is 34.7 Å². The normalized spacial score (nSPS) is 11.1. The molecule has 0 amide bonds. The van der Waals surface area contributed by atoms with Crippen molar-refractivity contribution in [2.24, 2.45) is 0 Å². The second-order valence-electron chi connectivity index (χ2n) is 4.22. The van der Waals surface area contributed by atoms with Crippen LogP contribution in [-0.2, 0) is 6.54 Å². The third-order valence-electron chi connectivity index (χ3n) is 2.45. The van der Waals surface area contributed by atoms with Gasteiger partial charge in [0.15, 0.2) is 5.76 Å². The summed E-state index contributed by atoms with van der Waals surface area (Å²) in [5, 5.41) is 7.25. The molecule has 0 aliphatic heterocycles. The van der Waals surface area contributed by atoms with Crippen molar-refractivity contribution in [3.05, 3.63) is 39.6 Å². The Kier molecular flexibility index (Phi) is 4.17. The lowest BCUT2D eigenvalue weighted by molar-refractivity contribution is 0.431. The molecule has 1 aromatic carbocycles. The number of hydrogen-bond donors (Lipinski definition) is 1. The third kappa shape index (κ3) is 3.29. The third-order valence-corrected chi connectivity index (χ3v) is 3.17. The van der Waals surface area contributed by atoms with Crippen LogP contribution in [0.3, 0.4) is 0 Å². The summed E-state index contributed by atoms with van der Waals surface area (Å²) in [6.07, 6.45) is 1.78. The molecule has 4 heteroatoms. The van der Waals surface area contributed by atoms with Crippen LogP contribution in [0.2, 0.25) is 0 Å². The largest absolute Gasteiger partial charge is 0.356 e. The monoisotopic (exact) mass is 342 g/mol. The minimum absolute atomic E-state index is 0.453. The van der Waals surface area contributed by atoms with Crippen LogP contribution in [0.5, 0.6) is 0 Å². The van der Waals surface area contributed by atoms with Crippen LogP contribution in [0.1, 0.15) is 19.4 Å². The van der Waals surface area contributed by atoms with E-state index in [1.54, 1.807) is 6.20 Å². The maximum Gasteiger partial charge on any atom is 0.171 e. The van der Waals surface area contributed by atoms with E-state index >= 15 is 0 Å². The Balaban J connectivity index is 2.21. The van der Waals surface area contributed by atoms with Gasteiger partial charge in [0, 0.05) is 27.3 Å². The van der Waals surface area contributed by atoms with Crippen molar-refractivity contribution < 1.29 is 4.52 Å². The second-order valence-corrected chi connectivity index (χ2v) is 5.47. The summed E-state index contributed by atoms with van der Waals surface area (Å²) in [5.41, 5.74) is 2.17. The summed E-state index contributed by atoms with van der Waals surface area (Å²) >= 11 is 2.29. The van der Waals surface area contributed by atoms with Gasteiger partial charge in [0.2, 0.25) is 0 Å². The van der Waals surface area contributed by atoms with Crippen LogP contribution in [0.15, 0.2) is 35.0 Å². The molecule has 0 aliphatic carbocycles. The molecule has 1 aromatic heterocycles. The number of aromatic nitrogens is 1. The molecule has 90 valence electrons. The van der Waals surface area contributed by atoms with Crippen LogP contribution in [0.25, 0.3) is 11.3 Å². The van der Waals surface area contributed by atoms with Crippen LogP contribution >= 0.6 is 22.6 Å². The molecule has 0 aliphatic rings. The molecule has 1 N–H and O–H groups in total. The zero-order chi connectivity index (χ0) is 12.3. The standard InChI is InChI=1S/C13H15IN2O/c1-9(2)15-7-11-8-16-17-13(11)10-3-5-12(14)6-4-10/h3-6,8-9,15H,7H2,1-2H3. The summed E-state index contributed by atoms with van der Waals surface area (Å²) in [7, 11) is 0. The van der Waals surface area contributed by atoms with E-state index in [4.69, 9.17) is 4.52 Å². The number of halogens is 1. The van der Waals surface area contributed by atoms with E-state index in [-0.39, 0.29) is 0 Å². The van der Waals surface area contributed by atoms with Gasteiger partial charge in [-0.25, -0.2) is 0 Å². The quantitative estimate of drug-likeness (QED) is 0.865. The van der Waals surface area contributed by atoms with E-state index in [0.717, 1.165) is 23.4 Å². The van der Waals surface area contributed by atoms with Gasteiger partial charge in [-0.2, -0.15) is 0 Å². The van der Waals surface area contributed by atoms with Gasteiger partial charge in [-0.15, -0.1) is 0 Å². The first-order valence-electron chi connectivity index (χ1n) is 5.59. The molecule has 1 heterocycles. The Labute approximate surface area is 115 Å². The lowest BCUT2D eigenvalue weighted by atomic mass is 10.1. The minimum atomic E-state index is 0.453. The van der Waals surface area contributed by atoms with Crippen molar-refractivity contribution in [3.8, 4) is 11.3 Å². The fourth-order valence-electron chi connectivity index (χ4n) is 1.54. The maximum absolute atomic E-state index is 5.33. The van der Waals surface area contributed by atoms with Gasteiger partial charge < -0.3 is 9.84 Å². The van der Waals surface area contributed by atoms with Crippen molar-refractivity contribution >= 4 is 22.6 Å². The van der Waals surface area contributed by atoms with Gasteiger partial charge in [-0.3, -0.25) is 0 Å². The molecule has 3 nitrogen and oxygen atoms in total. The number of nitrogens with zero attached hydrogens (tertiary/aromatic N) is 1. The van der Waals surface area contributed by atoms with Crippen LogP contribution in [0.4, 0.5) is 0 Å². The highest BCUT2D eigenvalue weighted by Gasteiger charge is 2.10. The van der Waals surface area contributed by atoms with Crippen molar-refractivity contribution in [1.29, 1.82) is 0 Å². The first-order chi connectivity index (χ1) is 8.16. The molecule has 17 heavy (non-hydrogen) atoms. The van der Waals surface area contributed by atoms with Crippen LogP contribution in [0, 0.1) is 3.57 Å². The Hall–Kier alpha value is -0.880. The maximum atomic E-state index is 5.33. The predicted molar refractivity (Wildman–Crippen MR) is 76.6 cm³/mol. The molecular formula is C13H15IN2O. The van der Waals surface area contributed by atoms with Gasteiger partial charge in [0.25, 0.3) is 0 Å². The average molecular weight is 342 g/mol. The van der Waals surface area contributed by atoms with Crippen molar-refractivity contribution in [2.45, 2.75) is 26.4 Å². The molecule has 0 unspecified atom stereocenters. The number of benzene rings is 1. The van der Waals surface area contributed by atoms with Crippen molar-refractivity contribution in [2.75, 3.05) is 0 Å². The number of hydrogen-bond acceptors (Lipinski definition) is 3. The summed E-state index contributed by atoms with van der Waals surface area (Å²) in [6.45, 7) is 5.03. The molecule has 2 rings (SSSR count). The van der Waals surface area contributed by atoms with Gasteiger partial charge >= 0.3 is 0 Å². The van der Waals surface area contributed by atoms with Gasteiger partial charge in [-0.1, -0.05) is 31.1 Å². The fraction of sp³-hybridized carbons (Fsp3) is 0.308. The SMILES string of the molecule is CC(C)NCc1cnoc1-c1ccc(I)cc1. The second kappa shape index (κ2) is 5.64. The molecule has 0 spiro atoms. The Morgan fingerprint density at radius 2 is 2.00 bits per heavy atom. The summed E-state index contributed by atoms with van der Waals surface area (Å²) in [6, 6.07) is 8.70. The fourth-order valence-corrected chi connectivity index (χ4v) is 1.90. The lowest BCUT2D eigenvalue weighted by Gasteiger charge is -2.07. The van der Waals surface area contributed by atoms with E-state index in [2.05, 4.69) is 71.2 Å². The smallest absolute Gasteiger partial charge is 0.171 e. The molecule has 0 saturated carbocycles. The number of nitrogens with one attached hydrogen (secondary N) is 1. The lowest BCUT2D eigenvalue weighted by Crippen LogP contribution is -2.21. The average Bonchev–Trinajstić information content (AvgIpc) is 2.75. The molecular weight excluding hydrogens is 327 g/mol. The molecule has 0 bridgehead atoms. The summed E-state index contributed by atoms with van der Waals surface area (Å²) < 4.78 is 6.55. The summed E-state index contributed by atoms with van der Waals surface area (Å²) in [4.78, 5) is 0. The van der Waals surface area contributed by atoms with E-state index in [1.807, 2.05) is 0 Å². The van der Waals surface area contributed by atoms with Crippen molar-refractivity contribution in [3.63, 3.8) is 0 Å². The Morgan fingerprint density at radius 3 is 2.65 bits per heavy atom. The topological polar surface area (TPSA) is 38.1 Å². The van der Waals surface area contributed by atoms with E-state index in [0.29, 0.717) is 6.04 Å². The van der Waals surface area contributed by atoms with Crippen LogP contribution in [-0.4, -0.2) is 11.2 Å². The van der Waals surface area contributed by atoms with E-state index in [9.17, 15) is 0 Å². The van der Waals surface area contributed by atoms with E-state index < -0.39 is 0 Å². The highest BCUT2D eigenvalue weighted by Crippen LogP contribution is 2.24. The Morgan fingerprint density at radius 1 is 1.29 bits per heavy atom. The number of rotatable bonds is 4. The predicted octanol–water partition coefficient (Wildman–Crippen LogP) is 3.44. The highest BCUT2D eigenvalue weighted by molar-refractivity contribution is 14.1. The molecule has 2 aromatic rings. The highest BCUT2D eigenvalue weighted by atomic mass is 127. The van der Waals surface area contributed by atoms with Crippen molar-refractivity contribution in [1.82, 2.24) is 10.5 Å². The van der Waals surface area contributed by atoms with Crippen LogP contribution < -0.4 is 5.32 Å². The molecule has 0 radical (unpaired) electrons. The van der Waals surface area contributed by atoms with E-state index in [1.165, 1.54) is 3.57 Å². The molecule has 0 fully saturated rings.